The Morgan fingerprint density at radius 2 is 1.89 bits per heavy atom. The van der Waals surface area contributed by atoms with Gasteiger partial charge >= 0.3 is 0 Å². The van der Waals surface area contributed by atoms with Crippen LogP contribution in [0.15, 0.2) is 0 Å². The zero-order valence-electron chi connectivity index (χ0n) is 11.9. The molecule has 3 fully saturated rings. The molecule has 1 saturated heterocycles. The highest BCUT2D eigenvalue weighted by Gasteiger charge is 2.43. The third-order valence-corrected chi connectivity index (χ3v) is 5.72. The molecule has 0 aromatic rings. The van der Waals surface area contributed by atoms with Crippen molar-refractivity contribution in [3.63, 3.8) is 0 Å². The molecule has 2 N–H and O–H groups in total. The van der Waals surface area contributed by atoms with Crippen LogP contribution in [0.4, 0.5) is 0 Å². The molecule has 1 aliphatic heterocycles. The second kappa shape index (κ2) is 5.13. The van der Waals surface area contributed by atoms with Crippen LogP contribution in [0.5, 0.6) is 0 Å². The predicted molar refractivity (Wildman–Crippen MR) is 74.4 cm³/mol. The second-order valence-electron chi connectivity index (χ2n) is 7.25. The van der Waals surface area contributed by atoms with Gasteiger partial charge in [0.1, 0.15) is 0 Å². The Kier molecular flexibility index (Phi) is 3.68. The standard InChI is InChI=1S/C16H29NO/c1-12-4-5-15(17)13(10-12)11-14-6-9-16(18-14)7-2-3-8-16/h12-15H,2-11,17H2,1H3. The molecule has 2 saturated carbocycles. The molecule has 2 heteroatoms. The Hall–Kier alpha value is -0.0800. The summed E-state index contributed by atoms with van der Waals surface area (Å²) in [6, 6.07) is 0.435. The molecule has 3 rings (SSSR count). The second-order valence-corrected chi connectivity index (χ2v) is 7.25. The van der Waals surface area contributed by atoms with Crippen LogP contribution in [-0.4, -0.2) is 17.7 Å². The quantitative estimate of drug-likeness (QED) is 0.813. The molecule has 0 aromatic heterocycles. The maximum absolute atomic E-state index is 6.44. The fourth-order valence-electron chi connectivity index (χ4n) is 4.58. The maximum atomic E-state index is 6.44. The van der Waals surface area contributed by atoms with Gasteiger partial charge in [0.15, 0.2) is 0 Å². The van der Waals surface area contributed by atoms with Crippen LogP contribution < -0.4 is 5.73 Å². The van der Waals surface area contributed by atoms with Crippen molar-refractivity contribution in [3.8, 4) is 0 Å². The smallest absolute Gasteiger partial charge is 0.0687 e. The van der Waals surface area contributed by atoms with Crippen molar-refractivity contribution >= 4 is 0 Å². The lowest BCUT2D eigenvalue weighted by atomic mass is 9.76. The number of nitrogens with two attached hydrogens (primary N) is 1. The zero-order valence-corrected chi connectivity index (χ0v) is 11.9. The van der Waals surface area contributed by atoms with Crippen LogP contribution in [0.25, 0.3) is 0 Å². The first-order valence-electron chi connectivity index (χ1n) is 8.10. The summed E-state index contributed by atoms with van der Waals surface area (Å²) in [6.45, 7) is 2.38. The van der Waals surface area contributed by atoms with Gasteiger partial charge in [-0.3, -0.25) is 0 Å². The van der Waals surface area contributed by atoms with Crippen molar-refractivity contribution in [1.82, 2.24) is 0 Å². The Morgan fingerprint density at radius 1 is 1.11 bits per heavy atom. The van der Waals surface area contributed by atoms with E-state index in [4.69, 9.17) is 10.5 Å². The van der Waals surface area contributed by atoms with Crippen molar-refractivity contribution in [2.45, 2.75) is 88.9 Å². The van der Waals surface area contributed by atoms with Gasteiger partial charge in [-0.05, 0) is 63.2 Å². The summed E-state index contributed by atoms with van der Waals surface area (Å²) >= 11 is 0. The molecule has 3 aliphatic rings. The monoisotopic (exact) mass is 251 g/mol. The van der Waals surface area contributed by atoms with Gasteiger partial charge < -0.3 is 10.5 Å². The summed E-state index contributed by atoms with van der Waals surface area (Å²) in [7, 11) is 0. The largest absolute Gasteiger partial charge is 0.372 e. The zero-order chi connectivity index (χ0) is 12.6. The van der Waals surface area contributed by atoms with Crippen LogP contribution in [0, 0.1) is 11.8 Å². The highest BCUT2D eigenvalue weighted by atomic mass is 16.5. The fraction of sp³-hybridized carbons (Fsp3) is 1.00. The van der Waals surface area contributed by atoms with E-state index in [2.05, 4.69) is 6.92 Å². The Balaban J connectivity index is 1.54. The average molecular weight is 251 g/mol. The highest BCUT2D eigenvalue weighted by molar-refractivity contribution is 4.94. The van der Waals surface area contributed by atoms with E-state index in [1.807, 2.05) is 0 Å². The predicted octanol–water partition coefficient (Wildman–Crippen LogP) is 3.63. The van der Waals surface area contributed by atoms with Crippen LogP contribution in [0.1, 0.15) is 71.1 Å². The average Bonchev–Trinajstić information content (AvgIpc) is 2.95. The molecule has 0 radical (unpaired) electrons. The van der Waals surface area contributed by atoms with Crippen LogP contribution in [-0.2, 0) is 4.74 Å². The summed E-state index contributed by atoms with van der Waals surface area (Å²) in [5.74, 6) is 1.59. The Morgan fingerprint density at radius 3 is 2.67 bits per heavy atom. The SMILES string of the molecule is CC1CCC(N)C(CC2CCC3(CCCC3)O2)C1. The summed E-state index contributed by atoms with van der Waals surface area (Å²) < 4.78 is 6.44. The summed E-state index contributed by atoms with van der Waals surface area (Å²) in [4.78, 5) is 0. The van der Waals surface area contributed by atoms with Crippen molar-refractivity contribution in [2.75, 3.05) is 0 Å². The molecular formula is C16H29NO. The van der Waals surface area contributed by atoms with Gasteiger partial charge in [-0.1, -0.05) is 19.8 Å². The van der Waals surface area contributed by atoms with E-state index in [1.54, 1.807) is 0 Å². The number of hydrogen-bond donors (Lipinski definition) is 1. The maximum Gasteiger partial charge on any atom is 0.0687 e. The van der Waals surface area contributed by atoms with Crippen LogP contribution in [0.2, 0.25) is 0 Å². The van der Waals surface area contributed by atoms with Gasteiger partial charge in [0.05, 0.1) is 11.7 Å². The van der Waals surface area contributed by atoms with E-state index in [1.165, 1.54) is 64.2 Å². The van der Waals surface area contributed by atoms with Crippen molar-refractivity contribution < 1.29 is 4.74 Å². The Bertz CT molecular complexity index is 285. The molecule has 0 bridgehead atoms. The minimum atomic E-state index is 0.301. The molecular weight excluding hydrogens is 222 g/mol. The van der Waals surface area contributed by atoms with E-state index < -0.39 is 0 Å². The van der Waals surface area contributed by atoms with Gasteiger partial charge in [0.25, 0.3) is 0 Å². The van der Waals surface area contributed by atoms with Crippen molar-refractivity contribution in [3.05, 3.63) is 0 Å². The minimum absolute atomic E-state index is 0.301. The van der Waals surface area contributed by atoms with Gasteiger partial charge in [0.2, 0.25) is 0 Å². The van der Waals surface area contributed by atoms with Gasteiger partial charge in [0, 0.05) is 6.04 Å². The summed E-state index contributed by atoms with van der Waals surface area (Å²) in [5, 5.41) is 0. The van der Waals surface area contributed by atoms with Gasteiger partial charge in [-0.2, -0.15) is 0 Å². The molecule has 4 unspecified atom stereocenters. The molecule has 0 aromatic carbocycles. The van der Waals surface area contributed by atoms with E-state index in [-0.39, 0.29) is 0 Å². The molecule has 4 atom stereocenters. The first kappa shape index (κ1) is 12.9. The topological polar surface area (TPSA) is 35.2 Å². The normalized spacial score (nSPS) is 43.7. The van der Waals surface area contributed by atoms with Crippen LogP contribution >= 0.6 is 0 Å². The van der Waals surface area contributed by atoms with Crippen molar-refractivity contribution in [2.24, 2.45) is 17.6 Å². The third kappa shape index (κ3) is 2.60. The van der Waals surface area contributed by atoms with E-state index in [0.29, 0.717) is 17.7 Å². The molecule has 18 heavy (non-hydrogen) atoms. The minimum Gasteiger partial charge on any atom is -0.372 e. The van der Waals surface area contributed by atoms with E-state index >= 15 is 0 Å². The fourth-order valence-corrected chi connectivity index (χ4v) is 4.58. The lowest BCUT2D eigenvalue weighted by Crippen LogP contribution is -2.38. The lowest BCUT2D eigenvalue weighted by Gasteiger charge is -2.34. The molecule has 0 amide bonds. The lowest BCUT2D eigenvalue weighted by molar-refractivity contribution is -0.0477. The molecule has 1 heterocycles. The molecule has 2 nitrogen and oxygen atoms in total. The summed E-state index contributed by atoms with van der Waals surface area (Å²) in [5.41, 5.74) is 6.61. The summed E-state index contributed by atoms with van der Waals surface area (Å²) in [6.07, 6.45) is 13.6. The van der Waals surface area contributed by atoms with Gasteiger partial charge in [-0.25, -0.2) is 0 Å². The first-order chi connectivity index (χ1) is 8.67. The number of hydrogen-bond acceptors (Lipinski definition) is 2. The Labute approximate surface area is 112 Å². The third-order valence-electron chi connectivity index (χ3n) is 5.72. The highest BCUT2D eigenvalue weighted by Crippen LogP contribution is 2.45. The van der Waals surface area contributed by atoms with Crippen LogP contribution in [0.3, 0.4) is 0 Å². The molecule has 1 spiro atoms. The molecule has 104 valence electrons. The van der Waals surface area contributed by atoms with Gasteiger partial charge in [-0.15, -0.1) is 0 Å². The van der Waals surface area contributed by atoms with E-state index in [0.717, 1.165) is 11.8 Å². The molecule has 2 aliphatic carbocycles. The number of ether oxygens (including phenoxy) is 1. The van der Waals surface area contributed by atoms with Crippen molar-refractivity contribution in [1.29, 1.82) is 0 Å². The number of rotatable bonds is 2. The van der Waals surface area contributed by atoms with E-state index in [9.17, 15) is 0 Å². The first-order valence-corrected chi connectivity index (χ1v) is 8.10.